The van der Waals surface area contributed by atoms with Gasteiger partial charge in [0.1, 0.15) is 5.78 Å². The monoisotopic (exact) mass is 361 g/mol. The second-order valence-corrected chi connectivity index (χ2v) is 4.91. The van der Waals surface area contributed by atoms with E-state index in [1.165, 1.54) is 7.11 Å². The van der Waals surface area contributed by atoms with Crippen molar-refractivity contribution < 1.29 is 23.9 Å². The summed E-state index contributed by atoms with van der Waals surface area (Å²) in [6.45, 7) is 12.2. The highest BCUT2D eigenvalue weighted by Gasteiger charge is 2.15. The number of esters is 2. The van der Waals surface area contributed by atoms with E-state index in [4.69, 9.17) is 4.74 Å². The summed E-state index contributed by atoms with van der Waals surface area (Å²) >= 11 is 0. The van der Waals surface area contributed by atoms with Gasteiger partial charge < -0.3 is 14.3 Å². The van der Waals surface area contributed by atoms with Gasteiger partial charge in [-0.25, -0.2) is 9.59 Å². The van der Waals surface area contributed by atoms with E-state index in [0.717, 1.165) is 0 Å². The maximum Gasteiger partial charge on any atom is 0.384 e. The molecule has 0 N–H and O–H groups in total. The first-order chi connectivity index (χ1) is 12.4. The van der Waals surface area contributed by atoms with Gasteiger partial charge in [-0.3, -0.25) is 4.90 Å². The number of Topliss-reactive ketones (excluding diaryl/α,β-unsaturated/α-hetero) is 1. The summed E-state index contributed by atoms with van der Waals surface area (Å²) in [6.07, 6.45) is 9.07. The average molecular weight is 361 g/mol. The van der Waals surface area contributed by atoms with Crippen molar-refractivity contribution in [3.63, 3.8) is 0 Å². The van der Waals surface area contributed by atoms with Crippen LogP contribution in [0.4, 0.5) is 0 Å². The van der Waals surface area contributed by atoms with E-state index in [1.807, 2.05) is 4.90 Å². The third-order valence-electron chi connectivity index (χ3n) is 2.86. The molecule has 142 valence electrons. The molecule has 0 aromatic carbocycles. The number of carbonyl (C=O) groups excluding carboxylic acids is 3. The van der Waals surface area contributed by atoms with E-state index in [-0.39, 0.29) is 11.8 Å². The van der Waals surface area contributed by atoms with Gasteiger partial charge in [0, 0.05) is 31.4 Å². The Morgan fingerprint density at radius 3 is 2.12 bits per heavy atom. The van der Waals surface area contributed by atoms with Gasteiger partial charge in [-0.2, -0.15) is 0 Å². The van der Waals surface area contributed by atoms with Crippen LogP contribution in [0.25, 0.3) is 0 Å². The molecular formula is C20H27NO5. The van der Waals surface area contributed by atoms with E-state index in [0.29, 0.717) is 32.5 Å². The highest BCUT2D eigenvalue weighted by Crippen LogP contribution is 2.07. The summed E-state index contributed by atoms with van der Waals surface area (Å²) in [5, 5.41) is 0. The van der Waals surface area contributed by atoms with Crippen molar-refractivity contribution in [2.24, 2.45) is 0 Å². The van der Waals surface area contributed by atoms with Crippen molar-refractivity contribution >= 4 is 17.7 Å². The zero-order valence-electron chi connectivity index (χ0n) is 15.7. The molecule has 0 fully saturated rings. The van der Waals surface area contributed by atoms with Crippen LogP contribution in [0.1, 0.15) is 26.7 Å². The van der Waals surface area contributed by atoms with Crippen molar-refractivity contribution in [1.82, 2.24) is 4.90 Å². The van der Waals surface area contributed by atoms with Crippen LogP contribution < -0.4 is 0 Å². The second-order valence-electron chi connectivity index (χ2n) is 4.91. The zero-order chi connectivity index (χ0) is 20.4. The number of rotatable bonds is 9. The van der Waals surface area contributed by atoms with E-state index in [2.05, 4.69) is 36.2 Å². The first-order valence-corrected chi connectivity index (χ1v) is 8.04. The summed E-state index contributed by atoms with van der Waals surface area (Å²) in [7, 11) is 1.24. The molecule has 0 aliphatic heterocycles. The molecule has 0 saturated carbocycles. The van der Waals surface area contributed by atoms with Crippen molar-refractivity contribution in [3.05, 3.63) is 25.3 Å². The number of hydrogen-bond donors (Lipinski definition) is 0. The highest BCUT2D eigenvalue weighted by molar-refractivity contribution is 5.88. The molecule has 6 heteroatoms. The van der Waals surface area contributed by atoms with Crippen molar-refractivity contribution in [1.29, 1.82) is 0 Å². The molecule has 0 amide bonds. The highest BCUT2D eigenvalue weighted by atomic mass is 16.5. The third-order valence-corrected chi connectivity index (χ3v) is 2.86. The molecule has 26 heavy (non-hydrogen) atoms. The molecular weight excluding hydrogens is 334 g/mol. The summed E-state index contributed by atoms with van der Waals surface area (Å²) in [6, 6.07) is -0.195. The van der Waals surface area contributed by atoms with Crippen LogP contribution in [0, 0.1) is 24.2 Å². The van der Waals surface area contributed by atoms with Crippen LogP contribution >= 0.6 is 0 Å². The Morgan fingerprint density at radius 1 is 1.19 bits per heavy atom. The lowest BCUT2D eigenvalue weighted by Crippen LogP contribution is -2.35. The Balaban J connectivity index is 0. The number of carbonyl (C=O) groups is 3. The Labute approximate surface area is 156 Å². The van der Waals surface area contributed by atoms with Gasteiger partial charge in [0.25, 0.3) is 0 Å². The predicted molar refractivity (Wildman–Crippen MR) is 101 cm³/mol. The maximum atomic E-state index is 11.3. The molecule has 0 radical (unpaired) electrons. The minimum Gasteiger partial charge on any atom is -0.459 e. The molecule has 0 aliphatic carbocycles. The Hall–Kier alpha value is -2.83. The van der Waals surface area contributed by atoms with Gasteiger partial charge in [-0.1, -0.05) is 18.1 Å². The van der Waals surface area contributed by atoms with Crippen molar-refractivity contribution in [3.8, 4) is 24.2 Å². The largest absolute Gasteiger partial charge is 0.459 e. The standard InChI is InChI=1S/C16H23NO3.C4H4O2/c1-5-12-17(13-6-2)15(9-8-14(4)18)10-11-16(19)20-7-3;1-3-4(5)6-2/h5-6,15H,1-2,7-9,12-13H2,3-4H3;1H,2H3. The Kier molecular flexibility index (Phi) is 16.6. The molecule has 0 spiro atoms. The predicted octanol–water partition coefficient (Wildman–Crippen LogP) is 1.76. The summed E-state index contributed by atoms with van der Waals surface area (Å²) in [4.78, 5) is 34.2. The fourth-order valence-corrected chi connectivity index (χ4v) is 1.72. The number of hydrogen-bond acceptors (Lipinski definition) is 6. The lowest BCUT2D eigenvalue weighted by Gasteiger charge is -2.25. The van der Waals surface area contributed by atoms with Crippen molar-refractivity contribution in [2.75, 3.05) is 26.8 Å². The smallest absolute Gasteiger partial charge is 0.384 e. The van der Waals surface area contributed by atoms with E-state index >= 15 is 0 Å². The van der Waals surface area contributed by atoms with E-state index in [1.54, 1.807) is 31.9 Å². The van der Waals surface area contributed by atoms with Gasteiger partial charge in [-0.15, -0.1) is 19.6 Å². The SMILES string of the molecule is C#CC(=O)OC.C=CCN(CC=C)C(C#CC(=O)OCC)CCC(C)=O. The summed E-state index contributed by atoms with van der Waals surface area (Å²) < 4.78 is 8.80. The lowest BCUT2D eigenvalue weighted by atomic mass is 10.1. The first kappa shape index (κ1) is 25.4. The van der Waals surface area contributed by atoms with Gasteiger partial charge in [0.15, 0.2) is 0 Å². The lowest BCUT2D eigenvalue weighted by molar-refractivity contribution is -0.136. The van der Waals surface area contributed by atoms with Gasteiger partial charge in [-0.05, 0) is 20.3 Å². The molecule has 1 atom stereocenters. The summed E-state index contributed by atoms with van der Waals surface area (Å²) in [5.74, 6) is 6.04. The molecule has 1 unspecified atom stereocenters. The normalized spacial score (nSPS) is 9.96. The molecule has 0 rings (SSSR count). The molecule has 0 heterocycles. The maximum absolute atomic E-state index is 11.3. The quantitative estimate of drug-likeness (QED) is 0.270. The third kappa shape index (κ3) is 14.7. The minimum absolute atomic E-state index is 0.102. The van der Waals surface area contributed by atoms with Crippen LogP contribution in [0.5, 0.6) is 0 Å². The number of terminal acetylenes is 1. The van der Waals surface area contributed by atoms with E-state index < -0.39 is 11.9 Å². The van der Waals surface area contributed by atoms with Crippen LogP contribution in [0.2, 0.25) is 0 Å². The minimum atomic E-state index is -0.630. The van der Waals surface area contributed by atoms with Gasteiger partial charge >= 0.3 is 11.9 Å². The molecule has 0 aromatic rings. The number of ketones is 1. The van der Waals surface area contributed by atoms with Crippen LogP contribution in [0.15, 0.2) is 25.3 Å². The number of methoxy groups -OCH3 is 1. The average Bonchev–Trinajstić information content (AvgIpc) is 2.61. The summed E-state index contributed by atoms with van der Waals surface area (Å²) in [5.41, 5.74) is 0. The second kappa shape index (κ2) is 17.0. The van der Waals surface area contributed by atoms with E-state index in [9.17, 15) is 14.4 Å². The fourth-order valence-electron chi connectivity index (χ4n) is 1.72. The Morgan fingerprint density at radius 2 is 1.77 bits per heavy atom. The van der Waals surface area contributed by atoms with Gasteiger partial charge in [0.05, 0.1) is 19.8 Å². The fraction of sp³-hybridized carbons (Fsp3) is 0.450. The Bertz CT molecular complexity index is 567. The van der Waals surface area contributed by atoms with Crippen LogP contribution in [-0.2, 0) is 23.9 Å². The van der Waals surface area contributed by atoms with Crippen LogP contribution in [-0.4, -0.2) is 55.5 Å². The molecule has 0 saturated heterocycles. The molecule has 0 aromatic heterocycles. The van der Waals surface area contributed by atoms with Gasteiger partial charge in [0.2, 0.25) is 0 Å². The topological polar surface area (TPSA) is 72.9 Å². The number of ether oxygens (including phenoxy) is 2. The zero-order valence-corrected chi connectivity index (χ0v) is 15.7. The molecule has 0 aliphatic rings. The van der Waals surface area contributed by atoms with Crippen LogP contribution in [0.3, 0.4) is 0 Å². The molecule has 0 bridgehead atoms. The van der Waals surface area contributed by atoms with Crippen molar-refractivity contribution in [2.45, 2.75) is 32.7 Å². The first-order valence-electron chi connectivity index (χ1n) is 8.04. The molecule has 6 nitrogen and oxygen atoms in total. The number of nitrogens with zero attached hydrogens (tertiary/aromatic N) is 1.